The summed E-state index contributed by atoms with van der Waals surface area (Å²) in [5.41, 5.74) is 1.29. The Kier molecular flexibility index (Phi) is 12.4. The Bertz CT molecular complexity index is 808. The monoisotopic (exact) mass is 453 g/mol. The minimum Gasteiger partial charge on any atom is -0.469 e. The van der Waals surface area contributed by atoms with E-state index in [0.717, 1.165) is 51.5 Å². The van der Waals surface area contributed by atoms with Crippen LogP contribution in [0.1, 0.15) is 70.3 Å². The zero-order valence-electron chi connectivity index (χ0n) is 20.2. The van der Waals surface area contributed by atoms with Crippen LogP contribution in [0.3, 0.4) is 0 Å². The van der Waals surface area contributed by atoms with Gasteiger partial charge in [-0.25, -0.2) is 0 Å². The summed E-state index contributed by atoms with van der Waals surface area (Å²) in [4.78, 5) is 25.3. The topological polar surface area (TPSA) is 66.8 Å². The molecule has 1 aromatic carbocycles. The molecule has 1 N–H and O–H groups in total. The second-order valence-corrected chi connectivity index (χ2v) is 8.83. The Morgan fingerprint density at radius 2 is 1.97 bits per heavy atom. The van der Waals surface area contributed by atoms with Crippen LogP contribution in [0.5, 0.6) is 0 Å². The maximum Gasteiger partial charge on any atom is 0.305 e. The fourth-order valence-corrected chi connectivity index (χ4v) is 3.98. The minimum atomic E-state index is -0.565. The molecule has 5 nitrogen and oxygen atoms in total. The summed E-state index contributed by atoms with van der Waals surface area (Å²) in [6.07, 6.45) is 11.2. The van der Waals surface area contributed by atoms with Gasteiger partial charge in [0.1, 0.15) is 0 Å². The predicted octanol–water partition coefficient (Wildman–Crippen LogP) is 4.68. The Hall–Kier alpha value is -2.58. The van der Waals surface area contributed by atoms with Crippen molar-refractivity contribution in [1.29, 1.82) is 0 Å². The lowest BCUT2D eigenvalue weighted by Gasteiger charge is -2.23. The number of nitrogens with zero attached hydrogens (tertiary/aromatic N) is 1. The summed E-state index contributed by atoms with van der Waals surface area (Å²) < 4.78 is 4.65. The van der Waals surface area contributed by atoms with Gasteiger partial charge in [0.25, 0.3) is 0 Å². The Morgan fingerprint density at radius 1 is 1.21 bits per heavy atom. The van der Waals surface area contributed by atoms with E-state index in [1.807, 2.05) is 42.2 Å². The highest BCUT2D eigenvalue weighted by molar-refractivity contribution is 5.79. The smallest absolute Gasteiger partial charge is 0.305 e. The minimum absolute atomic E-state index is 0.0471. The van der Waals surface area contributed by atoms with Crippen molar-refractivity contribution in [3.8, 4) is 11.8 Å². The van der Waals surface area contributed by atoms with Crippen molar-refractivity contribution in [3.63, 3.8) is 0 Å². The molecule has 0 aliphatic carbocycles. The van der Waals surface area contributed by atoms with E-state index in [0.29, 0.717) is 19.3 Å². The number of aliphatic hydroxyl groups is 1. The number of esters is 1. The lowest BCUT2D eigenvalue weighted by atomic mass is 9.99. The van der Waals surface area contributed by atoms with Crippen LogP contribution in [0.15, 0.2) is 42.5 Å². The number of unbranched alkanes of at least 4 members (excludes halogenated alkanes) is 3. The van der Waals surface area contributed by atoms with Gasteiger partial charge >= 0.3 is 5.97 Å². The first-order valence-electron chi connectivity index (χ1n) is 12.2. The second kappa shape index (κ2) is 15.3. The maximum absolute atomic E-state index is 12.3. The molecule has 0 unspecified atom stereocenters. The molecule has 1 amide bonds. The third-order valence-corrected chi connectivity index (χ3v) is 6.18. The van der Waals surface area contributed by atoms with Gasteiger partial charge in [-0.2, -0.15) is 0 Å². The molecule has 3 atom stereocenters. The molecule has 1 aliphatic rings. The van der Waals surface area contributed by atoms with Gasteiger partial charge in [-0.05, 0) is 37.2 Å². The molecule has 5 heteroatoms. The number of carbonyl (C=O) groups is 2. The molecule has 1 aliphatic heterocycles. The average Bonchev–Trinajstić information content (AvgIpc) is 3.18. The van der Waals surface area contributed by atoms with E-state index in [-0.39, 0.29) is 23.8 Å². The zero-order chi connectivity index (χ0) is 23.9. The number of aryl methyl sites for hydroxylation is 1. The standard InChI is InChI=1S/C28H39NO4/c1-23(13-7-5-8-14-24-15-9-6-10-16-24)26(30)20-18-25-19-21-27(31)29(25)22-12-4-3-11-17-28(32)33-2/h6,9-10,15-16,18,20,23,25-26,30H,3-4,8,11-14,17,19,21-22H2,1-2H3/b20-18+/t23-,25+,26-/m1/s1. The maximum atomic E-state index is 12.3. The van der Waals surface area contributed by atoms with Gasteiger partial charge in [0.15, 0.2) is 0 Å². The summed E-state index contributed by atoms with van der Waals surface area (Å²) in [6.45, 7) is 2.73. The van der Waals surface area contributed by atoms with Crippen LogP contribution in [0.25, 0.3) is 0 Å². The molecule has 1 heterocycles. The van der Waals surface area contributed by atoms with Gasteiger partial charge in [-0.15, -0.1) is 11.8 Å². The van der Waals surface area contributed by atoms with E-state index >= 15 is 0 Å². The van der Waals surface area contributed by atoms with Crippen molar-refractivity contribution in [2.45, 2.75) is 83.3 Å². The SMILES string of the molecule is COC(=O)CCCCCCN1C(=O)CC[C@@H]1/C=C/[C@@H](O)[C@H](C)CC#CCCc1ccccc1. The molecule has 1 fully saturated rings. The van der Waals surface area contributed by atoms with Crippen molar-refractivity contribution in [3.05, 3.63) is 48.0 Å². The second-order valence-electron chi connectivity index (χ2n) is 8.83. The number of hydrogen-bond donors (Lipinski definition) is 1. The number of aliphatic hydroxyl groups excluding tert-OH is 1. The summed E-state index contributed by atoms with van der Waals surface area (Å²) in [6, 6.07) is 10.4. The van der Waals surface area contributed by atoms with Crippen molar-refractivity contribution in [2.75, 3.05) is 13.7 Å². The Labute approximate surface area is 199 Å². The fraction of sp³-hybridized carbons (Fsp3) is 0.571. The van der Waals surface area contributed by atoms with Gasteiger partial charge < -0.3 is 14.7 Å². The number of likely N-dealkylation sites (tertiary alicyclic amines) is 1. The lowest BCUT2D eigenvalue weighted by Crippen LogP contribution is -2.33. The van der Waals surface area contributed by atoms with Crippen LogP contribution in [0.4, 0.5) is 0 Å². The normalized spacial score (nSPS) is 17.6. The van der Waals surface area contributed by atoms with Crippen LogP contribution in [0.2, 0.25) is 0 Å². The third-order valence-electron chi connectivity index (χ3n) is 6.18. The molecular weight excluding hydrogens is 414 g/mol. The van der Waals surface area contributed by atoms with Crippen LogP contribution in [0, 0.1) is 17.8 Å². The van der Waals surface area contributed by atoms with Crippen molar-refractivity contribution < 1.29 is 19.4 Å². The largest absolute Gasteiger partial charge is 0.469 e. The summed E-state index contributed by atoms with van der Waals surface area (Å²) in [7, 11) is 1.41. The first kappa shape index (κ1) is 26.7. The van der Waals surface area contributed by atoms with E-state index in [1.54, 1.807) is 0 Å². The molecule has 0 saturated carbocycles. The van der Waals surface area contributed by atoms with E-state index < -0.39 is 6.10 Å². The summed E-state index contributed by atoms with van der Waals surface area (Å²) in [5, 5.41) is 10.5. The number of carbonyl (C=O) groups excluding carboxylic acids is 2. The van der Waals surface area contributed by atoms with E-state index in [2.05, 4.69) is 28.7 Å². The number of hydrogen-bond acceptors (Lipinski definition) is 4. The van der Waals surface area contributed by atoms with E-state index in [4.69, 9.17) is 0 Å². The number of benzene rings is 1. The molecular formula is C28H39NO4. The summed E-state index contributed by atoms with van der Waals surface area (Å²) >= 11 is 0. The fourth-order valence-electron chi connectivity index (χ4n) is 3.98. The molecule has 33 heavy (non-hydrogen) atoms. The molecule has 2 rings (SSSR count). The van der Waals surface area contributed by atoms with E-state index in [1.165, 1.54) is 12.7 Å². The third kappa shape index (κ3) is 10.3. The molecule has 0 spiro atoms. The molecule has 180 valence electrons. The highest BCUT2D eigenvalue weighted by Gasteiger charge is 2.28. The van der Waals surface area contributed by atoms with Crippen molar-refractivity contribution in [1.82, 2.24) is 4.90 Å². The zero-order valence-corrected chi connectivity index (χ0v) is 20.2. The number of amides is 1. The van der Waals surface area contributed by atoms with Gasteiger partial charge in [-0.3, -0.25) is 9.59 Å². The lowest BCUT2D eigenvalue weighted by molar-refractivity contribution is -0.140. The first-order valence-corrected chi connectivity index (χ1v) is 12.2. The van der Waals surface area contributed by atoms with Crippen molar-refractivity contribution in [2.24, 2.45) is 5.92 Å². The average molecular weight is 454 g/mol. The van der Waals surface area contributed by atoms with Crippen LogP contribution in [-0.4, -0.2) is 47.7 Å². The Balaban J connectivity index is 1.68. The van der Waals surface area contributed by atoms with Gasteiger partial charge in [0.05, 0.1) is 19.3 Å². The molecule has 1 aromatic rings. The van der Waals surface area contributed by atoms with Gasteiger partial charge in [-0.1, -0.05) is 62.2 Å². The molecule has 1 saturated heterocycles. The van der Waals surface area contributed by atoms with Gasteiger partial charge in [0.2, 0.25) is 5.91 Å². The quantitative estimate of drug-likeness (QED) is 0.204. The first-order chi connectivity index (χ1) is 16.0. The number of rotatable bonds is 13. The number of methoxy groups -OCH3 is 1. The highest BCUT2D eigenvalue weighted by Crippen LogP contribution is 2.22. The van der Waals surface area contributed by atoms with Crippen LogP contribution in [-0.2, 0) is 20.7 Å². The molecule has 0 radical (unpaired) electrons. The highest BCUT2D eigenvalue weighted by atomic mass is 16.5. The molecule has 0 bridgehead atoms. The number of ether oxygens (including phenoxy) is 1. The van der Waals surface area contributed by atoms with E-state index in [9.17, 15) is 14.7 Å². The summed E-state index contributed by atoms with van der Waals surface area (Å²) in [5.74, 6) is 6.48. The van der Waals surface area contributed by atoms with Crippen molar-refractivity contribution >= 4 is 11.9 Å². The van der Waals surface area contributed by atoms with Gasteiger partial charge in [0, 0.05) is 32.2 Å². The molecule has 0 aromatic heterocycles. The van der Waals surface area contributed by atoms with Crippen LogP contribution < -0.4 is 0 Å². The Morgan fingerprint density at radius 3 is 2.73 bits per heavy atom. The predicted molar refractivity (Wildman–Crippen MR) is 131 cm³/mol. The van der Waals surface area contributed by atoms with Crippen LogP contribution >= 0.6 is 0 Å².